The molecule has 32 heavy (non-hydrogen) atoms. The first kappa shape index (κ1) is 27.6. The van der Waals surface area contributed by atoms with Crippen molar-refractivity contribution < 1.29 is 19.5 Å². The van der Waals surface area contributed by atoms with E-state index in [9.17, 15) is 19.5 Å². The first-order valence-corrected chi connectivity index (χ1v) is 11.6. The zero-order valence-corrected chi connectivity index (χ0v) is 20.4. The monoisotopic (exact) mass is 447 g/mol. The summed E-state index contributed by atoms with van der Waals surface area (Å²) in [7, 11) is 0. The van der Waals surface area contributed by atoms with Gasteiger partial charge in [0.05, 0.1) is 12.6 Å². The Morgan fingerprint density at radius 3 is 2.00 bits per heavy atom. The largest absolute Gasteiger partial charge is 0.394 e. The highest BCUT2D eigenvalue weighted by molar-refractivity contribution is 5.92. The van der Waals surface area contributed by atoms with Crippen LogP contribution in [0.5, 0.6) is 0 Å². The van der Waals surface area contributed by atoms with Gasteiger partial charge in [0.15, 0.2) is 0 Å². The zero-order chi connectivity index (χ0) is 24.3. The maximum Gasteiger partial charge on any atom is 0.243 e. The number of nitrogens with one attached hydrogen (secondary N) is 3. The molecule has 0 spiro atoms. The van der Waals surface area contributed by atoms with Crippen LogP contribution in [0.3, 0.4) is 0 Å². The van der Waals surface area contributed by atoms with E-state index in [0.29, 0.717) is 19.3 Å². The molecular weight excluding hydrogens is 406 g/mol. The van der Waals surface area contributed by atoms with Crippen molar-refractivity contribution in [1.29, 1.82) is 0 Å². The van der Waals surface area contributed by atoms with Crippen molar-refractivity contribution in [3.8, 4) is 0 Å². The Balaban J connectivity index is 2.93. The summed E-state index contributed by atoms with van der Waals surface area (Å²) >= 11 is 0. The number of hydrogen-bond donors (Lipinski definition) is 4. The lowest BCUT2D eigenvalue weighted by Crippen LogP contribution is -2.57. The van der Waals surface area contributed by atoms with E-state index in [1.807, 2.05) is 58.0 Å². The quantitative estimate of drug-likeness (QED) is 0.372. The topological polar surface area (TPSA) is 108 Å². The molecule has 0 heterocycles. The summed E-state index contributed by atoms with van der Waals surface area (Å²) < 4.78 is 0. The molecule has 1 aromatic carbocycles. The Morgan fingerprint density at radius 1 is 0.875 bits per heavy atom. The smallest absolute Gasteiger partial charge is 0.243 e. The molecular formula is C25H41N3O4. The summed E-state index contributed by atoms with van der Waals surface area (Å²) in [6, 6.07) is 7.69. The normalized spacial score (nSPS) is 15.0. The van der Waals surface area contributed by atoms with Gasteiger partial charge in [-0.2, -0.15) is 0 Å². The molecule has 1 rings (SSSR count). The van der Waals surface area contributed by atoms with Crippen molar-refractivity contribution in [2.75, 3.05) is 6.61 Å². The van der Waals surface area contributed by atoms with Crippen molar-refractivity contribution in [2.45, 2.75) is 78.9 Å². The van der Waals surface area contributed by atoms with E-state index in [4.69, 9.17) is 0 Å². The van der Waals surface area contributed by atoms with Crippen LogP contribution in [0.25, 0.3) is 0 Å². The lowest BCUT2D eigenvalue weighted by atomic mass is 9.96. The van der Waals surface area contributed by atoms with Crippen molar-refractivity contribution in [1.82, 2.24) is 16.0 Å². The average Bonchev–Trinajstić information content (AvgIpc) is 2.75. The van der Waals surface area contributed by atoms with E-state index >= 15 is 0 Å². The number of aliphatic hydroxyl groups excluding tert-OH is 1. The lowest BCUT2D eigenvalue weighted by Gasteiger charge is -2.29. The molecule has 3 amide bonds. The third kappa shape index (κ3) is 9.39. The molecule has 0 aliphatic carbocycles. The fraction of sp³-hybridized carbons (Fsp3) is 0.640. The summed E-state index contributed by atoms with van der Waals surface area (Å²) in [4.78, 5) is 38.4. The van der Waals surface area contributed by atoms with Crippen LogP contribution in [0.1, 0.15) is 59.9 Å². The molecule has 0 bridgehead atoms. The van der Waals surface area contributed by atoms with Gasteiger partial charge in [-0.3, -0.25) is 14.4 Å². The van der Waals surface area contributed by atoms with E-state index in [2.05, 4.69) is 16.0 Å². The van der Waals surface area contributed by atoms with E-state index in [1.54, 1.807) is 13.8 Å². The van der Waals surface area contributed by atoms with Crippen LogP contribution in [0.4, 0.5) is 0 Å². The Labute approximate surface area is 192 Å². The number of amides is 3. The Bertz CT molecular complexity index is 721. The molecule has 0 aliphatic heterocycles. The first-order valence-electron chi connectivity index (χ1n) is 11.6. The van der Waals surface area contributed by atoms with Gasteiger partial charge in [-0.25, -0.2) is 0 Å². The number of carbonyl (C=O) groups is 3. The molecule has 1 aromatic rings. The molecule has 1 unspecified atom stereocenters. The molecule has 4 atom stereocenters. The van der Waals surface area contributed by atoms with Crippen LogP contribution in [0.15, 0.2) is 30.3 Å². The van der Waals surface area contributed by atoms with Crippen LogP contribution in [-0.4, -0.2) is 47.6 Å². The molecule has 4 N–H and O–H groups in total. The van der Waals surface area contributed by atoms with Crippen molar-refractivity contribution in [2.24, 2.45) is 17.8 Å². The maximum absolute atomic E-state index is 13.1. The Morgan fingerprint density at radius 2 is 1.50 bits per heavy atom. The van der Waals surface area contributed by atoms with E-state index in [1.165, 1.54) is 0 Å². The number of hydrogen-bond acceptors (Lipinski definition) is 4. The predicted octanol–water partition coefficient (Wildman–Crippen LogP) is 2.42. The second-order valence-electron chi connectivity index (χ2n) is 9.30. The highest BCUT2D eigenvalue weighted by atomic mass is 16.3. The molecule has 0 aromatic heterocycles. The predicted molar refractivity (Wildman–Crippen MR) is 127 cm³/mol. The molecule has 0 saturated carbocycles. The minimum atomic E-state index is -0.761. The molecule has 180 valence electrons. The standard InChI is InChI=1S/C25H41N3O4/c1-7-18(6)22(25(32)26-20(15-29)14-19-11-9-8-10-12-19)28-24(31)21(13-16(2)3)27-23(30)17(4)5/h8-12,16-18,20-22,29H,7,13-15H2,1-6H3,(H,26,32)(H,27,30)(H,28,31)/t18?,20-,21-,22-/m1/s1. The Kier molecular flexibility index (Phi) is 12.0. The van der Waals surface area contributed by atoms with E-state index in [0.717, 1.165) is 5.56 Å². The lowest BCUT2D eigenvalue weighted by molar-refractivity contribution is -0.134. The summed E-state index contributed by atoms with van der Waals surface area (Å²) in [5.74, 6) is -1.06. The highest BCUT2D eigenvalue weighted by Crippen LogP contribution is 2.12. The van der Waals surface area contributed by atoms with Gasteiger partial charge in [-0.05, 0) is 30.2 Å². The zero-order valence-electron chi connectivity index (χ0n) is 20.4. The first-order chi connectivity index (χ1) is 15.1. The van der Waals surface area contributed by atoms with Crippen LogP contribution in [-0.2, 0) is 20.8 Å². The van der Waals surface area contributed by atoms with Gasteiger partial charge in [-0.15, -0.1) is 0 Å². The van der Waals surface area contributed by atoms with Crippen LogP contribution < -0.4 is 16.0 Å². The van der Waals surface area contributed by atoms with Crippen LogP contribution in [0.2, 0.25) is 0 Å². The van der Waals surface area contributed by atoms with Gasteiger partial charge in [-0.1, -0.05) is 78.3 Å². The molecule has 0 radical (unpaired) electrons. The van der Waals surface area contributed by atoms with Crippen molar-refractivity contribution >= 4 is 17.7 Å². The highest BCUT2D eigenvalue weighted by Gasteiger charge is 2.31. The van der Waals surface area contributed by atoms with E-state index in [-0.39, 0.29) is 42.1 Å². The minimum absolute atomic E-state index is 0.115. The average molecular weight is 448 g/mol. The van der Waals surface area contributed by atoms with Gasteiger partial charge in [0, 0.05) is 5.92 Å². The second kappa shape index (κ2) is 13.9. The van der Waals surface area contributed by atoms with Gasteiger partial charge in [0.25, 0.3) is 0 Å². The molecule has 0 saturated heterocycles. The molecule has 7 heteroatoms. The fourth-order valence-corrected chi connectivity index (χ4v) is 3.35. The number of benzene rings is 1. The molecule has 0 fully saturated rings. The number of rotatable bonds is 13. The fourth-order valence-electron chi connectivity index (χ4n) is 3.35. The SMILES string of the molecule is CCC(C)[C@@H](NC(=O)[C@@H](CC(C)C)NC(=O)C(C)C)C(=O)N[C@@H](CO)Cc1ccccc1. The second-order valence-corrected chi connectivity index (χ2v) is 9.30. The molecule has 0 aliphatic rings. The molecule has 7 nitrogen and oxygen atoms in total. The summed E-state index contributed by atoms with van der Waals surface area (Å²) in [5.41, 5.74) is 1.00. The summed E-state index contributed by atoms with van der Waals surface area (Å²) in [5, 5.41) is 18.3. The van der Waals surface area contributed by atoms with Gasteiger partial charge in [0.2, 0.25) is 17.7 Å². The summed E-state index contributed by atoms with van der Waals surface area (Å²) in [6.07, 6.45) is 1.66. The van der Waals surface area contributed by atoms with E-state index < -0.39 is 18.1 Å². The van der Waals surface area contributed by atoms with Gasteiger partial charge < -0.3 is 21.1 Å². The number of aliphatic hydroxyl groups is 1. The Hall–Kier alpha value is -2.41. The van der Waals surface area contributed by atoms with Crippen molar-refractivity contribution in [3.63, 3.8) is 0 Å². The van der Waals surface area contributed by atoms with Gasteiger partial charge >= 0.3 is 0 Å². The minimum Gasteiger partial charge on any atom is -0.394 e. The van der Waals surface area contributed by atoms with Crippen LogP contribution >= 0.6 is 0 Å². The van der Waals surface area contributed by atoms with Crippen molar-refractivity contribution in [3.05, 3.63) is 35.9 Å². The van der Waals surface area contributed by atoms with Gasteiger partial charge in [0.1, 0.15) is 12.1 Å². The third-order valence-electron chi connectivity index (χ3n) is 5.55. The number of carbonyl (C=O) groups excluding carboxylic acids is 3. The third-order valence-corrected chi connectivity index (χ3v) is 5.55. The maximum atomic E-state index is 13.1. The van der Waals surface area contributed by atoms with Crippen LogP contribution in [0, 0.1) is 17.8 Å². The summed E-state index contributed by atoms with van der Waals surface area (Å²) in [6.45, 7) is 11.2.